The lowest BCUT2D eigenvalue weighted by molar-refractivity contribution is -0.140. The Morgan fingerprint density at radius 3 is 2.23 bits per heavy atom. The maximum absolute atomic E-state index is 13.1. The third-order valence-corrected chi connectivity index (χ3v) is 5.43. The van der Waals surface area contributed by atoms with Gasteiger partial charge in [-0.15, -0.1) is 0 Å². The minimum absolute atomic E-state index is 0.0636. The Morgan fingerprint density at radius 2 is 1.67 bits per heavy atom. The van der Waals surface area contributed by atoms with E-state index in [4.69, 9.17) is 0 Å². The van der Waals surface area contributed by atoms with Crippen LogP contribution in [0.4, 0.5) is 4.79 Å². The van der Waals surface area contributed by atoms with Crippen molar-refractivity contribution in [2.75, 3.05) is 6.54 Å². The van der Waals surface area contributed by atoms with Crippen molar-refractivity contribution in [1.82, 2.24) is 20.7 Å². The number of carbonyl (C=O) groups is 3. The zero-order valence-corrected chi connectivity index (χ0v) is 17.6. The van der Waals surface area contributed by atoms with E-state index in [2.05, 4.69) is 10.7 Å². The Labute approximate surface area is 177 Å². The Kier molecular flexibility index (Phi) is 6.52. The lowest BCUT2D eigenvalue weighted by atomic mass is 9.87. The van der Waals surface area contributed by atoms with Crippen molar-refractivity contribution in [3.8, 4) is 0 Å². The van der Waals surface area contributed by atoms with Crippen LogP contribution in [0.3, 0.4) is 0 Å². The molecule has 2 aromatic rings. The maximum atomic E-state index is 13.1. The molecule has 0 radical (unpaired) electrons. The molecule has 0 bridgehead atoms. The molecule has 1 aliphatic rings. The second-order valence-corrected chi connectivity index (χ2v) is 7.71. The van der Waals surface area contributed by atoms with Crippen LogP contribution in [0, 0.1) is 0 Å². The molecule has 1 aliphatic heterocycles. The third kappa shape index (κ3) is 4.36. The molecule has 3 rings (SSSR count). The lowest BCUT2D eigenvalue weighted by Crippen LogP contribution is -2.51. The molecule has 4 amide bonds. The monoisotopic (exact) mass is 408 g/mol. The summed E-state index contributed by atoms with van der Waals surface area (Å²) in [6.45, 7) is 6.49. The molecule has 1 atom stereocenters. The largest absolute Gasteiger partial charge is 0.344 e. The van der Waals surface area contributed by atoms with E-state index >= 15 is 0 Å². The van der Waals surface area contributed by atoms with Gasteiger partial charge in [0.1, 0.15) is 5.54 Å². The van der Waals surface area contributed by atoms with Crippen LogP contribution in [0.15, 0.2) is 60.7 Å². The predicted octanol–water partition coefficient (Wildman–Crippen LogP) is 2.79. The molecule has 1 fully saturated rings. The van der Waals surface area contributed by atoms with Crippen LogP contribution in [0.5, 0.6) is 0 Å². The summed E-state index contributed by atoms with van der Waals surface area (Å²) in [5.74, 6) is -0.892. The van der Waals surface area contributed by atoms with E-state index in [1.807, 2.05) is 74.2 Å². The van der Waals surface area contributed by atoms with Crippen molar-refractivity contribution in [2.24, 2.45) is 0 Å². The van der Waals surface area contributed by atoms with E-state index in [0.717, 1.165) is 10.6 Å². The van der Waals surface area contributed by atoms with Gasteiger partial charge in [0, 0.05) is 12.6 Å². The first kappa shape index (κ1) is 21.5. The first-order valence-corrected chi connectivity index (χ1v) is 10.2. The topological polar surface area (TPSA) is 81.8 Å². The van der Waals surface area contributed by atoms with Crippen molar-refractivity contribution in [3.05, 3.63) is 71.8 Å². The molecular formula is C23H28N4O3. The van der Waals surface area contributed by atoms with Crippen molar-refractivity contribution < 1.29 is 14.4 Å². The number of nitrogens with one attached hydrogen (secondary N) is 2. The molecule has 1 heterocycles. The van der Waals surface area contributed by atoms with Gasteiger partial charge in [-0.25, -0.2) is 4.79 Å². The van der Waals surface area contributed by atoms with Gasteiger partial charge in [-0.3, -0.25) is 19.9 Å². The fourth-order valence-electron chi connectivity index (χ4n) is 3.62. The quantitative estimate of drug-likeness (QED) is 0.658. The normalized spacial score (nSPS) is 18.8. The Hall–Kier alpha value is -3.19. The Bertz CT molecular complexity index is 901. The number of amides is 4. The van der Waals surface area contributed by atoms with Crippen LogP contribution in [0.25, 0.3) is 0 Å². The summed E-state index contributed by atoms with van der Waals surface area (Å²) in [6.07, 6.45) is 0.375. The van der Waals surface area contributed by atoms with Gasteiger partial charge in [0.25, 0.3) is 11.8 Å². The molecule has 0 spiro atoms. The van der Waals surface area contributed by atoms with E-state index < -0.39 is 23.4 Å². The van der Waals surface area contributed by atoms with Crippen molar-refractivity contribution in [3.63, 3.8) is 0 Å². The number of hydrogen-bond donors (Lipinski definition) is 2. The van der Waals surface area contributed by atoms with Crippen LogP contribution in [0.1, 0.15) is 38.3 Å². The lowest BCUT2D eigenvalue weighted by Gasteiger charge is -2.27. The number of imide groups is 1. The van der Waals surface area contributed by atoms with Crippen molar-refractivity contribution in [2.45, 2.75) is 45.3 Å². The number of rotatable bonds is 8. The highest BCUT2D eigenvalue weighted by Crippen LogP contribution is 2.31. The Morgan fingerprint density at radius 1 is 1.07 bits per heavy atom. The molecule has 1 saturated heterocycles. The average Bonchev–Trinajstić information content (AvgIpc) is 2.99. The smallest absolute Gasteiger partial charge is 0.318 e. The Balaban J connectivity index is 1.71. The van der Waals surface area contributed by atoms with E-state index in [9.17, 15) is 14.4 Å². The van der Waals surface area contributed by atoms with E-state index in [0.29, 0.717) is 18.5 Å². The van der Waals surface area contributed by atoms with Gasteiger partial charge in [0.15, 0.2) is 0 Å². The van der Waals surface area contributed by atoms with Crippen molar-refractivity contribution >= 4 is 17.8 Å². The van der Waals surface area contributed by atoms with Crippen LogP contribution in [0.2, 0.25) is 0 Å². The second-order valence-electron chi connectivity index (χ2n) is 7.71. The number of nitrogens with zero attached hydrogens (tertiary/aromatic N) is 2. The van der Waals surface area contributed by atoms with Gasteiger partial charge in [-0.05, 0) is 31.4 Å². The SMILES string of the molecule is CCC1(c2ccccc2)NC(=O)N(NC(=O)CN(Cc2ccccc2)C(C)C)C1=O. The fourth-order valence-corrected chi connectivity index (χ4v) is 3.62. The summed E-state index contributed by atoms with van der Waals surface area (Å²) in [4.78, 5) is 40.4. The summed E-state index contributed by atoms with van der Waals surface area (Å²) < 4.78 is 0. The molecule has 0 saturated carbocycles. The molecule has 2 N–H and O–H groups in total. The summed E-state index contributed by atoms with van der Waals surface area (Å²) >= 11 is 0. The van der Waals surface area contributed by atoms with Crippen LogP contribution in [-0.4, -0.2) is 40.3 Å². The molecule has 0 aliphatic carbocycles. The molecule has 1 unspecified atom stereocenters. The summed E-state index contributed by atoms with van der Waals surface area (Å²) in [6, 6.07) is 18.4. The molecule has 7 heteroatoms. The summed E-state index contributed by atoms with van der Waals surface area (Å²) in [5.41, 5.74) is 3.10. The summed E-state index contributed by atoms with van der Waals surface area (Å²) in [7, 11) is 0. The van der Waals surface area contributed by atoms with Gasteiger partial charge < -0.3 is 5.32 Å². The minimum Gasteiger partial charge on any atom is -0.318 e. The van der Waals surface area contributed by atoms with E-state index in [-0.39, 0.29) is 12.6 Å². The van der Waals surface area contributed by atoms with Crippen LogP contribution < -0.4 is 10.7 Å². The molecular weight excluding hydrogens is 380 g/mol. The van der Waals surface area contributed by atoms with Gasteiger partial charge in [0.2, 0.25) is 0 Å². The molecule has 158 valence electrons. The van der Waals surface area contributed by atoms with Gasteiger partial charge in [-0.2, -0.15) is 5.01 Å². The maximum Gasteiger partial charge on any atom is 0.344 e. The molecule has 2 aromatic carbocycles. The first-order valence-electron chi connectivity index (χ1n) is 10.2. The third-order valence-electron chi connectivity index (χ3n) is 5.43. The second kappa shape index (κ2) is 9.09. The standard InChI is InChI=1S/C23H28N4O3/c1-4-23(19-13-9-6-10-14-19)21(29)27(22(30)24-23)25-20(28)16-26(17(2)3)15-18-11-7-5-8-12-18/h5-14,17H,4,15-16H2,1-3H3,(H,24,30)(H,25,28). The van der Waals surface area contributed by atoms with E-state index in [1.54, 1.807) is 12.1 Å². The zero-order chi connectivity index (χ0) is 21.7. The fraction of sp³-hybridized carbons (Fsp3) is 0.348. The van der Waals surface area contributed by atoms with Crippen LogP contribution >= 0.6 is 0 Å². The van der Waals surface area contributed by atoms with Gasteiger partial charge in [0.05, 0.1) is 6.54 Å². The average molecular weight is 409 g/mol. The molecule has 0 aromatic heterocycles. The van der Waals surface area contributed by atoms with Crippen molar-refractivity contribution in [1.29, 1.82) is 0 Å². The number of urea groups is 1. The molecule has 30 heavy (non-hydrogen) atoms. The number of carbonyl (C=O) groups excluding carboxylic acids is 3. The number of hydrogen-bond acceptors (Lipinski definition) is 4. The number of hydrazine groups is 1. The highest BCUT2D eigenvalue weighted by Gasteiger charge is 2.52. The molecule has 7 nitrogen and oxygen atoms in total. The minimum atomic E-state index is -1.17. The highest BCUT2D eigenvalue weighted by molar-refractivity contribution is 6.08. The number of benzene rings is 2. The predicted molar refractivity (Wildman–Crippen MR) is 114 cm³/mol. The summed E-state index contributed by atoms with van der Waals surface area (Å²) in [5, 5.41) is 3.57. The van der Waals surface area contributed by atoms with Crippen LogP contribution in [-0.2, 0) is 21.7 Å². The van der Waals surface area contributed by atoms with Gasteiger partial charge in [-0.1, -0.05) is 67.6 Å². The zero-order valence-electron chi connectivity index (χ0n) is 17.6. The van der Waals surface area contributed by atoms with Gasteiger partial charge >= 0.3 is 6.03 Å². The van der Waals surface area contributed by atoms with E-state index in [1.165, 1.54) is 0 Å². The first-order chi connectivity index (χ1) is 14.4. The highest BCUT2D eigenvalue weighted by atomic mass is 16.2.